The highest BCUT2D eigenvalue weighted by molar-refractivity contribution is 5.29. The van der Waals surface area contributed by atoms with Crippen LogP contribution >= 0.6 is 0 Å². The van der Waals surface area contributed by atoms with Gasteiger partial charge in [0.15, 0.2) is 6.61 Å². The fraction of sp³-hybridized carbons (Fsp3) is 0.455. The number of nitrogens with one attached hydrogen (secondary N) is 1. The summed E-state index contributed by atoms with van der Waals surface area (Å²) in [5, 5.41) is 0. The van der Waals surface area contributed by atoms with E-state index in [1.54, 1.807) is 0 Å². The third kappa shape index (κ3) is 4.63. The van der Waals surface area contributed by atoms with Crippen LogP contribution in [0.5, 0.6) is 0 Å². The lowest BCUT2D eigenvalue weighted by atomic mass is 10.1. The van der Waals surface area contributed by atoms with Crippen molar-refractivity contribution in [1.82, 2.24) is 5.48 Å². The topological polar surface area (TPSA) is 21.3 Å². The van der Waals surface area contributed by atoms with Gasteiger partial charge in [0.2, 0.25) is 0 Å². The van der Waals surface area contributed by atoms with E-state index >= 15 is 0 Å². The summed E-state index contributed by atoms with van der Waals surface area (Å²) in [6, 6.07) is 5.70. The van der Waals surface area contributed by atoms with Gasteiger partial charge in [0.1, 0.15) is 0 Å². The molecule has 0 radical (unpaired) electrons. The SMILES string of the molecule is Cc1ccc(CNOCC(F)(F)F)cc1C. The lowest BCUT2D eigenvalue weighted by molar-refractivity contribution is -0.190. The van der Waals surface area contributed by atoms with Crippen LogP contribution in [-0.4, -0.2) is 12.8 Å². The highest BCUT2D eigenvalue weighted by atomic mass is 19.4. The number of benzene rings is 1. The zero-order chi connectivity index (χ0) is 12.2. The van der Waals surface area contributed by atoms with Crippen LogP contribution in [0.25, 0.3) is 0 Å². The van der Waals surface area contributed by atoms with Gasteiger partial charge >= 0.3 is 6.18 Å². The second-order valence-corrected chi connectivity index (χ2v) is 3.64. The lowest BCUT2D eigenvalue weighted by Crippen LogP contribution is -2.24. The van der Waals surface area contributed by atoms with Gasteiger partial charge in [-0.15, -0.1) is 0 Å². The number of alkyl halides is 3. The smallest absolute Gasteiger partial charge is 0.292 e. The van der Waals surface area contributed by atoms with Gasteiger partial charge in [-0.05, 0) is 30.5 Å². The van der Waals surface area contributed by atoms with Gasteiger partial charge in [0.05, 0.1) is 0 Å². The third-order valence-electron chi connectivity index (χ3n) is 2.19. The van der Waals surface area contributed by atoms with Crippen molar-refractivity contribution in [3.8, 4) is 0 Å². The van der Waals surface area contributed by atoms with E-state index in [1.807, 2.05) is 32.0 Å². The van der Waals surface area contributed by atoms with Crippen LogP contribution in [0.2, 0.25) is 0 Å². The summed E-state index contributed by atoms with van der Waals surface area (Å²) in [6.45, 7) is 2.91. The fourth-order valence-corrected chi connectivity index (χ4v) is 1.18. The summed E-state index contributed by atoms with van der Waals surface area (Å²) in [6.07, 6.45) is -4.30. The molecule has 1 rings (SSSR count). The van der Waals surface area contributed by atoms with Crippen LogP contribution in [0.3, 0.4) is 0 Å². The zero-order valence-electron chi connectivity index (χ0n) is 9.19. The number of aryl methyl sites for hydroxylation is 2. The van der Waals surface area contributed by atoms with Crippen LogP contribution in [0.15, 0.2) is 18.2 Å². The summed E-state index contributed by atoms with van der Waals surface area (Å²) in [5.74, 6) is 0. The molecular weight excluding hydrogens is 219 g/mol. The van der Waals surface area contributed by atoms with Crippen molar-refractivity contribution in [2.24, 2.45) is 0 Å². The Morgan fingerprint density at radius 1 is 1.19 bits per heavy atom. The number of hydroxylamine groups is 1. The summed E-state index contributed by atoms with van der Waals surface area (Å²) in [7, 11) is 0. The monoisotopic (exact) mass is 233 g/mol. The van der Waals surface area contributed by atoms with Crippen molar-refractivity contribution in [3.05, 3.63) is 34.9 Å². The predicted molar refractivity (Wildman–Crippen MR) is 54.8 cm³/mol. The number of halogens is 3. The number of hydrogen-bond acceptors (Lipinski definition) is 2. The molecule has 16 heavy (non-hydrogen) atoms. The molecule has 2 nitrogen and oxygen atoms in total. The molecule has 0 aliphatic rings. The zero-order valence-corrected chi connectivity index (χ0v) is 9.19. The predicted octanol–water partition coefficient (Wildman–Crippen LogP) is 2.89. The van der Waals surface area contributed by atoms with Crippen LogP contribution in [-0.2, 0) is 11.4 Å². The van der Waals surface area contributed by atoms with E-state index in [9.17, 15) is 13.2 Å². The van der Waals surface area contributed by atoms with Crippen LogP contribution < -0.4 is 5.48 Å². The number of rotatable bonds is 4. The standard InChI is InChI=1S/C11H14F3NO/c1-8-3-4-10(5-9(8)2)6-15-16-7-11(12,13)14/h3-5,15H,6-7H2,1-2H3. The van der Waals surface area contributed by atoms with Crippen molar-refractivity contribution in [2.75, 3.05) is 6.61 Å². The molecule has 1 aromatic rings. The van der Waals surface area contributed by atoms with Crippen molar-refractivity contribution in [2.45, 2.75) is 26.6 Å². The minimum atomic E-state index is -4.30. The van der Waals surface area contributed by atoms with E-state index in [0.29, 0.717) is 0 Å². The Labute approximate surface area is 92.4 Å². The van der Waals surface area contributed by atoms with Crippen molar-refractivity contribution < 1.29 is 18.0 Å². The Morgan fingerprint density at radius 2 is 1.88 bits per heavy atom. The van der Waals surface area contributed by atoms with E-state index < -0.39 is 12.8 Å². The normalized spacial score (nSPS) is 11.8. The minimum Gasteiger partial charge on any atom is -0.292 e. The summed E-state index contributed by atoms with van der Waals surface area (Å²) in [4.78, 5) is 4.30. The van der Waals surface area contributed by atoms with Crippen LogP contribution in [0.1, 0.15) is 16.7 Å². The maximum atomic E-state index is 11.7. The maximum absolute atomic E-state index is 11.7. The molecule has 0 aliphatic carbocycles. The molecule has 0 fully saturated rings. The third-order valence-corrected chi connectivity index (χ3v) is 2.19. The molecule has 0 saturated heterocycles. The Bertz CT molecular complexity index is 350. The molecule has 0 unspecified atom stereocenters. The average molecular weight is 233 g/mol. The molecule has 5 heteroatoms. The molecule has 0 amide bonds. The molecule has 1 aromatic carbocycles. The molecule has 0 atom stereocenters. The first kappa shape index (κ1) is 13.0. The quantitative estimate of drug-likeness (QED) is 0.637. The molecular formula is C11H14F3NO. The molecule has 0 bridgehead atoms. The molecule has 1 N–H and O–H groups in total. The molecule has 0 spiro atoms. The molecule has 0 aromatic heterocycles. The Balaban J connectivity index is 2.35. The van der Waals surface area contributed by atoms with Gasteiger partial charge in [-0.1, -0.05) is 18.2 Å². The van der Waals surface area contributed by atoms with Crippen molar-refractivity contribution in [1.29, 1.82) is 0 Å². The minimum absolute atomic E-state index is 0.261. The van der Waals surface area contributed by atoms with Crippen molar-refractivity contribution >= 4 is 0 Å². The van der Waals surface area contributed by atoms with Crippen LogP contribution in [0.4, 0.5) is 13.2 Å². The van der Waals surface area contributed by atoms with E-state index in [0.717, 1.165) is 16.7 Å². The van der Waals surface area contributed by atoms with Crippen molar-refractivity contribution in [3.63, 3.8) is 0 Å². The van der Waals surface area contributed by atoms with Gasteiger partial charge in [-0.3, -0.25) is 4.84 Å². The lowest BCUT2D eigenvalue weighted by Gasteiger charge is -2.09. The Morgan fingerprint density at radius 3 is 2.44 bits per heavy atom. The summed E-state index contributed by atoms with van der Waals surface area (Å²) >= 11 is 0. The largest absolute Gasteiger partial charge is 0.413 e. The maximum Gasteiger partial charge on any atom is 0.413 e. The molecule has 90 valence electrons. The van der Waals surface area contributed by atoms with Gasteiger partial charge in [0, 0.05) is 6.54 Å². The second kappa shape index (κ2) is 5.32. The highest BCUT2D eigenvalue weighted by Gasteiger charge is 2.27. The van der Waals surface area contributed by atoms with E-state index in [-0.39, 0.29) is 6.54 Å². The average Bonchev–Trinajstić information content (AvgIpc) is 2.17. The van der Waals surface area contributed by atoms with Crippen LogP contribution in [0, 0.1) is 13.8 Å². The molecule has 0 saturated carbocycles. The molecule has 0 aliphatic heterocycles. The van der Waals surface area contributed by atoms with E-state index in [4.69, 9.17) is 0 Å². The Hall–Kier alpha value is -1.07. The van der Waals surface area contributed by atoms with Gasteiger partial charge in [-0.25, -0.2) is 0 Å². The number of hydrogen-bond donors (Lipinski definition) is 1. The first-order valence-corrected chi connectivity index (χ1v) is 4.86. The Kier molecular flexibility index (Phi) is 4.32. The van der Waals surface area contributed by atoms with E-state index in [2.05, 4.69) is 10.3 Å². The second-order valence-electron chi connectivity index (χ2n) is 3.64. The van der Waals surface area contributed by atoms with Gasteiger partial charge in [-0.2, -0.15) is 18.7 Å². The molecule has 0 heterocycles. The first-order valence-electron chi connectivity index (χ1n) is 4.86. The van der Waals surface area contributed by atoms with E-state index in [1.165, 1.54) is 0 Å². The fourth-order valence-electron chi connectivity index (χ4n) is 1.18. The summed E-state index contributed by atoms with van der Waals surface area (Å²) < 4.78 is 35.2. The summed E-state index contributed by atoms with van der Waals surface area (Å²) in [5.41, 5.74) is 5.44. The van der Waals surface area contributed by atoms with Gasteiger partial charge < -0.3 is 0 Å². The highest BCUT2D eigenvalue weighted by Crippen LogP contribution is 2.14. The van der Waals surface area contributed by atoms with Gasteiger partial charge in [0.25, 0.3) is 0 Å². The first-order chi connectivity index (χ1) is 7.38.